The van der Waals surface area contributed by atoms with Crippen LogP contribution in [0.3, 0.4) is 0 Å². The summed E-state index contributed by atoms with van der Waals surface area (Å²) in [6.07, 6.45) is 5.60. The number of carbonyl (C=O) groups excluding carboxylic acids is 3. The van der Waals surface area contributed by atoms with Crippen molar-refractivity contribution in [2.24, 2.45) is 0 Å². The van der Waals surface area contributed by atoms with Gasteiger partial charge in [-0.25, -0.2) is 4.79 Å². The SMILES string of the molecule is CCCCCCCCN(C(=O)CNC(=O)OC(C)(C)C)C(C(=O)Nc1ccc2ccccc2c1)c1ccc(C)cc1C. The molecule has 0 aliphatic rings. The van der Waals surface area contributed by atoms with Crippen LogP contribution in [-0.4, -0.2) is 41.5 Å². The van der Waals surface area contributed by atoms with E-state index in [1.807, 2.05) is 74.5 Å². The van der Waals surface area contributed by atoms with Crippen LogP contribution in [0.15, 0.2) is 60.7 Å². The van der Waals surface area contributed by atoms with E-state index in [-0.39, 0.29) is 18.4 Å². The van der Waals surface area contributed by atoms with Crippen LogP contribution in [0.1, 0.15) is 89.0 Å². The Morgan fingerprint density at radius 1 is 0.857 bits per heavy atom. The first kappa shape index (κ1) is 32.6. The quantitative estimate of drug-likeness (QED) is 0.204. The molecule has 0 spiro atoms. The first-order chi connectivity index (χ1) is 20.0. The van der Waals surface area contributed by atoms with Crippen molar-refractivity contribution in [1.82, 2.24) is 10.2 Å². The normalized spacial score (nSPS) is 12.0. The van der Waals surface area contributed by atoms with E-state index in [1.165, 1.54) is 6.42 Å². The van der Waals surface area contributed by atoms with E-state index in [2.05, 4.69) is 17.6 Å². The molecule has 3 aromatic carbocycles. The summed E-state index contributed by atoms with van der Waals surface area (Å²) in [5.74, 6) is -0.637. The highest BCUT2D eigenvalue weighted by molar-refractivity contribution is 6.00. The van der Waals surface area contributed by atoms with Gasteiger partial charge in [0.2, 0.25) is 5.91 Å². The molecule has 1 unspecified atom stereocenters. The highest BCUT2D eigenvalue weighted by Gasteiger charge is 2.33. The zero-order valence-electron chi connectivity index (χ0n) is 26.1. The van der Waals surface area contributed by atoms with E-state index in [4.69, 9.17) is 4.74 Å². The lowest BCUT2D eigenvalue weighted by Gasteiger charge is -2.33. The Hall–Kier alpha value is -3.87. The average molecular weight is 574 g/mol. The average Bonchev–Trinajstić information content (AvgIpc) is 2.92. The molecule has 0 saturated carbocycles. The van der Waals surface area contributed by atoms with E-state index >= 15 is 0 Å². The van der Waals surface area contributed by atoms with Gasteiger partial charge in [-0.15, -0.1) is 0 Å². The fourth-order valence-corrected chi connectivity index (χ4v) is 5.08. The van der Waals surface area contributed by atoms with Gasteiger partial charge in [0, 0.05) is 12.2 Å². The van der Waals surface area contributed by atoms with Crippen LogP contribution in [0.4, 0.5) is 10.5 Å². The minimum Gasteiger partial charge on any atom is -0.444 e. The lowest BCUT2D eigenvalue weighted by atomic mass is 9.96. The Morgan fingerprint density at radius 2 is 1.55 bits per heavy atom. The largest absolute Gasteiger partial charge is 0.444 e. The van der Waals surface area contributed by atoms with Crippen molar-refractivity contribution in [1.29, 1.82) is 0 Å². The van der Waals surface area contributed by atoms with Crippen molar-refractivity contribution >= 4 is 34.4 Å². The van der Waals surface area contributed by atoms with Crippen LogP contribution >= 0.6 is 0 Å². The molecule has 2 N–H and O–H groups in total. The van der Waals surface area contributed by atoms with Crippen molar-refractivity contribution in [3.8, 4) is 0 Å². The predicted molar refractivity (Wildman–Crippen MR) is 171 cm³/mol. The van der Waals surface area contributed by atoms with Crippen LogP contribution in [0.2, 0.25) is 0 Å². The van der Waals surface area contributed by atoms with Gasteiger partial charge in [0.15, 0.2) is 0 Å². The molecule has 0 aliphatic carbocycles. The smallest absolute Gasteiger partial charge is 0.408 e. The Morgan fingerprint density at radius 3 is 2.24 bits per heavy atom. The first-order valence-corrected chi connectivity index (χ1v) is 15.1. The fourth-order valence-electron chi connectivity index (χ4n) is 5.08. The van der Waals surface area contributed by atoms with Crippen LogP contribution in [0, 0.1) is 13.8 Å². The number of benzene rings is 3. The molecule has 0 fully saturated rings. The van der Waals surface area contributed by atoms with Crippen molar-refractivity contribution in [2.75, 3.05) is 18.4 Å². The third kappa shape index (κ3) is 9.89. The van der Waals surface area contributed by atoms with Crippen molar-refractivity contribution in [3.05, 3.63) is 77.4 Å². The molecule has 0 bridgehead atoms. The summed E-state index contributed by atoms with van der Waals surface area (Å²) in [7, 11) is 0. The number of ether oxygens (including phenoxy) is 1. The van der Waals surface area contributed by atoms with Crippen molar-refractivity contribution < 1.29 is 19.1 Å². The molecule has 1 atom stereocenters. The van der Waals surface area contributed by atoms with Gasteiger partial charge in [0.1, 0.15) is 18.2 Å². The number of nitrogens with zero attached hydrogens (tertiary/aromatic N) is 1. The second kappa shape index (κ2) is 15.4. The van der Waals surface area contributed by atoms with Crippen LogP contribution in [0.5, 0.6) is 0 Å². The van der Waals surface area contributed by atoms with Crippen LogP contribution in [0.25, 0.3) is 10.8 Å². The second-order valence-corrected chi connectivity index (χ2v) is 12.0. The number of unbranched alkanes of at least 4 members (excludes halogenated alkanes) is 5. The first-order valence-electron chi connectivity index (χ1n) is 15.1. The van der Waals surface area contributed by atoms with Gasteiger partial charge in [-0.1, -0.05) is 93.1 Å². The van der Waals surface area contributed by atoms with Gasteiger partial charge in [-0.2, -0.15) is 0 Å². The molecule has 7 nitrogen and oxygen atoms in total. The van der Waals surface area contributed by atoms with Gasteiger partial charge in [0.05, 0.1) is 0 Å². The number of hydrogen-bond donors (Lipinski definition) is 2. The highest BCUT2D eigenvalue weighted by Crippen LogP contribution is 2.28. The maximum absolute atomic E-state index is 14.1. The number of carbonyl (C=O) groups is 3. The number of hydrogen-bond acceptors (Lipinski definition) is 4. The molecule has 42 heavy (non-hydrogen) atoms. The summed E-state index contributed by atoms with van der Waals surface area (Å²) in [5, 5.41) is 7.76. The van der Waals surface area contributed by atoms with E-state index in [0.717, 1.165) is 59.6 Å². The number of anilines is 1. The molecule has 0 aromatic heterocycles. The third-order valence-electron chi connectivity index (χ3n) is 7.15. The number of amides is 3. The molecule has 3 amide bonds. The van der Waals surface area contributed by atoms with Gasteiger partial charge in [-0.05, 0) is 75.1 Å². The van der Waals surface area contributed by atoms with E-state index < -0.39 is 17.7 Å². The number of aryl methyl sites for hydroxylation is 2. The predicted octanol–water partition coefficient (Wildman–Crippen LogP) is 7.85. The number of fused-ring (bicyclic) bond motifs is 1. The molecular weight excluding hydrogens is 526 g/mol. The number of nitrogens with one attached hydrogen (secondary N) is 2. The van der Waals surface area contributed by atoms with Gasteiger partial charge in [-0.3, -0.25) is 9.59 Å². The summed E-state index contributed by atoms with van der Waals surface area (Å²) in [5.41, 5.74) is 2.73. The number of alkyl carbamates (subject to hydrolysis) is 1. The summed E-state index contributed by atoms with van der Waals surface area (Å²) < 4.78 is 5.34. The molecule has 3 rings (SSSR count). The molecule has 3 aromatic rings. The molecule has 7 heteroatoms. The minimum atomic E-state index is -0.874. The lowest BCUT2D eigenvalue weighted by Crippen LogP contribution is -2.47. The monoisotopic (exact) mass is 573 g/mol. The van der Waals surface area contributed by atoms with Gasteiger partial charge < -0.3 is 20.3 Å². The van der Waals surface area contributed by atoms with Crippen LogP contribution in [-0.2, 0) is 14.3 Å². The summed E-state index contributed by atoms with van der Waals surface area (Å²) in [6, 6.07) is 18.8. The standard InChI is InChI=1S/C35H47N3O4/c1-7-8-9-10-11-14-21-38(31(39)24-36-34(41)42-35(4,5)6)32(30-20-17-25(2)22-26(30)3)33(40)37-29-19-18-27-15-12-13-16-28(27)23-29/h12-13,15-20,22-23,32H,7-11,14,21,24H2,1-6H3,(H,36,41)(H,37,40). The maximum atomic E-state index is 14.1. The maximum Gasteiger partial charge on any atom is 0.408 e. The van der Waals surface area contributed by atoms with Gasteiger partial charge in [0.25, 0.3) is 5.91 Å². The minimum absolute atomic E-state index is 0.268. The molecule has 0 heterocycles. The Labute approximate surface area is 251 Å². The zero-order chi connectivity index (χ0) is 30.7. The Balaban J connectivity index is 1.92. The van der Waals surface area contributed by atoms with E-state index in [1.54, 1.807) is 25.7 Å². The lowest BCUT2D eigenvalue weighted by molar-refractivity contribution is -0.138. The summed E-state index contributed by atoms with van der Waals surface area (Å²) in [6.45, 7) is 11.6. The Kier molecular flexibility index (Phi) is 12.0. The highest BCUT2D eigenvalue weighted by atomic mass is 16.6. The van der Waals surface area contributed by atoms with Crippen molar-refractivity contribution in [3.63, 3.8) is 0 Å². The second-order valence-electron chi connectivity index (χ2n) is 12.0. The summed E-state index contributed by atoms with van der Waals surface area (Å²) >= 11 is 0. The van der Waals surface area contributed by atoms with E-state index in [9.17, 15) is 14.4 Å². The van der Waals surface area contributed by atoms with Gasteiger partial charge >= 0.3 is 6.09 Å². The molecule has 0 saturated heterocycles. The van der Waals surface area contributed by atoms with Crippen LogP contribution < -0.4 is 10.6 Å². The fraction of sp³-hybridized carbons (Fsp3) is 0.457. The third-order valence-corrected chi connectivity index (χ3v) is 7.15. The van der Waals surface area contributed by atoms with Crippen molar-refractivity contribution in [2.45, 2.75) is 91.7 Å². The molecule has 0 aliphatic heterocycles. The zero-order valence-corrected chi connectivity index (χ0v) is 26.1. The topological polar surface area (TPSA) is 87.7 Å². The molecule has 0 radical (unpaired) electrons. The molecule has 226 valence electrons. The number of rotatable bonds is 13. The van der Waals surface area contributed by atoms with E-state index in [0.29, 0.717) is 12.2 Å². The Bertz CT molecular complexity index is 1360. The summed E-state index contributed by atoms with van der Waals surface area (Å²) in [4.78, 5) is 41.9. The molecular formula is C35H47N3O4.